The Balaban J connectivity index is 2.08. The van der Waals surface area contributed by atoms with E-state index in [1.807, 2.05) is 20.8 Å². The van der Waals surface area contributed by atoms with Gasteiger partial charge in [-0.2, -0.15) is 0 Å². The van der Waals surface area contributed by atoms with Gasteiger partial charge in [0.1, 0.15) is 11.6 Å². The summed E-state index contributed by atoms with van der Waals surface area (Å²) in [6.07, 6.45) is 0.804. The van der Waals surface area contributed by atoms with Crippen LogP contribution in [0.3, 0.4) is 0 Å². The van der Waals surface area contributed by atoms with Crippen LogP contribution in [0.15, 0.2) is 12.1 Å². The van der Waals surface area contributed by atoms with Crippen molar-refractivity contribution >= 4 is 69.2 Å². The molecular weight excluding hydrogens is 549 g/mol. The molecule has 0 saturated heterocycles. The van der Waals surface area contributed by atoms with Crippen molar-refractivity contribution in [1.29, 1.82) is 0 Å². The van der Waals surface area contributed by atoms with E-state index >= 15 is 0 Å². The molecule has 0 aliphatic heterocycles. The van der Waals surface area contributed by atoms with Gasteiger partial charge >= 0.3 is 6.09 Å². The molecule has 0 saturated carbocycles. The molecule has 0 radical (unpaired) electrons. The van der Waals surface area contributed by atoms with Crippen LogP contribution in [0.5, 0.6) is 0 Å². The Kier molecular flexibility index (Phi) is 9.54. The van der Waals surface area contributed by atoms with Gasteiger partial charge in [0.05, 0.1) is 21.6 Å². The van der Waals surface area contributed by atoms with Gasteiger partial charge in [-0.05, 0) is 42.4 Å². The number of aromatic amines is 1. The number of carbonyl (C=O) groups is 3. The predicted octanol–water partition coefficient (Wildman–Crippen LogP) is 4.32. The van der Waals surface area contributed by atoms with Crippen LogP contribution in [0.2, 0.25) is 10.0 Å². The number of H-pyrrole nitrogens is 1. The van der Waals surface area contributed by atoms with E-state index in [9.17, 15) is 19.5 Å². The van der Waals surface area contributed by atoms with E-state index in [-0.39, 0.29) is 29.7 Å². The molecule has 1 aliphatic carbocycles. The van der Waals surface area contributed by atoms with E-state index in [4.69, 9.17) is 41.2 Å². The van der Waals surface area contributed by atoms with Gasteiger partial charge in [-0.1, -0.05) is 76.0 Å². The number of nitrogens with one attached hydrogen (secondary N) is 4. The van der Waals surface area contributed by atoms with Gasteiger partial charge in [-0.3, -0.25) is 9.59 Å². The van der Waals surface area contributed by atoms with Crippen molar-refractivity contribution < 1.29 is 19.5 Å². The third kappa shape index (κ3) is 6.18. The van der Waals surface area contributed by atoms with Crippen LogP contribution in [0.1, 0.15) is 58.2 Å². The van der Waals surface area contributed by atoms with Crippen LogP contribution in [-0.2, 0) is 22.4 Å². The van der Waals surface area contributed by atoms with Gasteiger partial charge in [0.2, 0.25) is 11.8 Å². The lowest BCUT2D eigenvalue weighted by Gasteiger charge is -2.39. The maximum atomic E-state index is 14.0. The second-order valence-corrected chi connectivity index (χ2v) is 11.5. The summed E-state index contributed by atoms with van der Waals surface area (Å²) < 4.78 is 0. The quantitative estimate of drug-likeness (QED) is 0.229. The Hall–Kier alpha value is -2.56. The molecule has 208 valence electrons. The van der Waals surface area contributed by atoms with E-state index in [0.29, 0.717) is 28.4 Å². The number of hydrogen-bond donors (Lipinski definition) is 6. The summed E-state index contributed by atoms with van der Waals surface area (Å²) in [4.78, 5) is 42.6. The van der Waals surface area contributed by atoms with E-state index < -0.39 is 35.5 Å². The zero-order valence-electron chi connectivity index (χ0n) is 21.9. The number of aryl methyl sites for hydroxylation is 1. The van der Waals surface area contributed by atoms with Crippen molar-refractivity contribution in [3.05, 3.63) is 33.4 Å². The lowest BCUT2D eigenvalue weighted by Crippen LogP contribution is -2.67. The zero-order valence-corrected chi connectivity index (χ0v) is 24.2. The van der Waals surface area contributed by atoms with E-state index in [2.05, 4.69) is 20.9 Å². The summed E-state index contributed by atoms with van der Waals surface area (Å²) in [6, 6.07) is 1.80. The first-order valence-electron chi connectivity index (χ1n) is 12.7. The molecule has 1 aliphatic rings. The third-order valence-corrected chi connectivity index (χ3v) is 8.45. The second kappa shape index (κ2) is 12.1. The molecule has 0 fully saturated rings. The Bertz CT molecular complexity index is 1250. The number of fused-ring (bicyclic) bond motifs is 3. The van der Waals surface area contributed by atoms with Crippen LogP contribution in [0.25, 0.3) is 10.9 Å². The van der Waals surface area contributed by atoms with Crippen molar-refractivity contribution in [3.8, 4) is 0 Å². The Morgan fingerprint density at radius 2 is 1.76 bits per heavy atom. The van der Waals surface area contributed by atoms with Crippen molar-refractivity contribution in [2.45, 2.75) is 77.4 Å². The van der Waals surface area contributed by atoms with Crippen LogP contribution in [0.4, 0.5) is 4.79 Å². The summed E-state index contributed by atoms with van der Waals surface area (Å²) in [5.41, 5.74) is 7.01. The fourth-order valence-corrected chi connectivity index (χ4v) is 5.82. The average molecular weight is 585 g/mol. The first-order chi connectivity index (χ1) is 17.8. The number of hydrogen-bond acceptors (Lipinski definition) is 4. The fraction of sp³-hybridized carbons (Fsp3) is 0.538. The van der Waals surface area contributed by atoms with Crippen molar-refractivity contribution in [3.63, 3.8) is 0 Å². The fourth-order valence-electron chi connectivity index (χ4n) is 4.99. The Morgan fingerprint density at radius 1 is 1.13 bits per heavy atom. The van der Waals surface area contributed by atoms with E-state index in [1.165, 1.54) is 0 Å². The maximum absolute atomic E-state index is 14.0. The number of rotatable bonds is 10. The molecule has 1 aromatic heterocycles. The third-order valence-electron chi connectivity index (χ3n) is 7.68. The van der Waals surface area contributed by atoms with Crippen molar-refractivity contribution in [2.24, 2.45) is 17.6 Å². The number of benzene rings is 1. The normalized spacial score (nSPS) is 20.1. The summed E-state index contributed by atoms with van der Waals surface area (Å²) in [6.45, 7) is 7.55. The maximum Gasteiger partial charge on any atom is 0.405 e. The average Bonchev–Trinajstić information content (AvgIpc) is 3.22. The molecule has 38 heavy (non-hydrogen) atoms. The molecule has 5 atom stereocenters. The van der Waals surface area contributed by atoms with Gasteiger partial charge in [0, 0.05) is 22.5 Å². The Morgan fingerprint density at radius 3 is 2.34 bits per heavy atom. The zero-order chi connectivity index (χ0) is 28.4. The van der Waals surface area contributed by atoms with Gasteiger partial charge < -0.3 is 31.8 Å². The highest BCUT2D eigenvalue weighted by Crippen LogP contribution is 2.38. The molecule has 1 heterocycles. The first-order valence-corrected chi connectivity index (χ1v) is 13.9. The molecule has 0 spiro atoms. The molecular formula is C26H35Cl2N5O4S. The second-order valence-electron chi connectivity index (χ2n) is 10.2. The number of amides is 3. The minimum atomic E-state index is -1.39. The molecule has 0 bridgehead atoms. The van der Waals surface area contributed by atoms with Crippen molar-refractivity contribution in [2.75, 3.05) is 0 Å². The smallest absolute Gasteiger partial charge is 0.405 e. The number of carbonyl (C=O) groups excluding carboxylic acids is 2. The van der Waals surface area contributed by atoms with E-state index in [1.54, 1.807) is 19.1 Å². The molecule has 1 aromatic carbocycles. The van der Waals surface area contributed by atoms with Gasteiger partial charge in [0.15, 0.2) is 0 Å². The number of halogens is 2. The SMILES string of the molecule is CCC(C)C(NC(=O)O)C(=O)N[C@]1(C(=O)NC(C(N)=S)C(C)CC)CCc2[nH]c3c(Cl)cc(Cl)cc3c2C1. The summed E-state index contributed by atoms with van der Waals surface area (Å²) in [7, 11) is 0. The molecule has 2 aromatic rings. The molecule has 4 unspecified atom stereocenters. The minimum absolute atomic E-state index is 0.0319. The van der Waals surface area contributed by atoms with E-state index in [0.717, 1.165) is 23.1 Å². The Labute approximate surface area is 237 Å². The molecule has 3 amide bonds. The molecule has 12 heteroatoms. The largest absolute Gasteiger partial charge is 0.465 e. The summed E-state index contributed by atoms with van der Waals surface area (Å²) in [5.74, 6) is -1.35. The first kappa shape index (κ1) is 30.0. The van der Waals surface area contributed by atoms with Crippen LogP contribution in [-0.4, -0.2) is 50.6 Å². The van der Waals surface area contributed by atoms with Gasteiger partial charge in [0.25, 0.3) is 0 Å². The molecule has 7 N–H and O–H groups in total. The number of thiocarbonyl (C=S) groups is 1. The molecule has 9 nitrogen and oxygen atoms in total. The van der Waals surface area contributed by atoms with Crippen molar-refractivity contribution in [1.82, 2.24) is 20.9 Å². The highest BCUT2D eigenvalue weighted by molar-refractivity contribution is 7.80. The van der Waals surface area contributed by atoms with Crippen LogP contribution in [0, 0.1) is 11.8 Å². The highest BCUT2D eigenvalue weighted by Gasteiger charge is 2.46. The van der Waals surface area contributed by atoms with Gasteiger partial charge in [-0.15, -0.1) is 0 Å². The lowest BCUT2D eigenvalue weighted by molar-refractivity contribution is -0.136. The summed E-state index contributed by atoms with van der Waals surface area (Å²) in [5, 5.41) is 19.3. The van der Waals surface area contributed by atoms with Crippen LogP contribution < -0.4 is 21.7 Å². The minimum Gasteiger partial charge on any atom is -0.465 e. The summed E-state index contributed by atoms with van der Waals surface area (Å²) >= 11 is 18.0. The standard InChI is InChI=1S/C26H35Cl2N5O4S/c1-5-12(3)19(22(29)38)31-24(35)26(33-23(34)20(13(4)6-2)32-25(36)37)8-7-18-16(11-26)15-9-14(27)10-17(28)21(15)30-18/h9-10,12-13,19-20,30,32H,5-8,11H2,1-4H3,(H2,29,38)(H,31,35)(H,33,34)(H,36,37)/t12?,13?,19?,20?,26-/m1/s1. The number of nitrogens with two attached hydrogens (primary N) is 1. The lowest BCUT2D eigenvalue weighted by atomic mass is 9.78. The van der Waals surface area contributed by atoms with Crippen LogP contribution >= 0.6 is 35.4 Å². The number of carboxylic acid groups (broad SMARTS) is 1. The highest BCUT2D eigenvalue weighted by atomic mass is 35.5. The predicted molar refractivity (Wildman–Crippen MR) is 154 cm³/mol. The number of aromatic nitrogens is 1. The molecule has 3 rings (SSSR count). The van der Waals surface area contributed by atoms with Gasteiger partial charge in [-0.25, -0.2) is 4.79 Å². The topological polar surface area (TPSA) is 149 Å². The monoisotopic (exact) mass is 583 g/mol.